The van der Waals surface area contributed by atoms with Gasteiger partial charge in [-0.05, 0) is 36.2 Å². The van der Waals surface area contributed by atoms with Crippen molar-refractivity contribution in [3.8, 4) is 0 Å². The summed E-state index contributed by atoms with van der Waals surface area (Å²) in [7, 11) is 0. The van der Waals surface area contributed by atoms with E-state index in [4.69, 9.17) is 0 Å². The number of aliphatic hydroxyl groups is 1. The van der Waals surface area contributed by atoms with Crippen LogP contribution in [-0.4, -0.2) is 36.0 Å². The van der Waals surface area contributed by atoms with E-state index in [1.165, 1.54) is 18.2 Å². The number of aliphatic hydroxyl groups excluding tert-OH is 1. The second-order valence-corrected chi connectivity index (χ2v) is 7.12. The maximum atomic E-state index is 14.0. The number of hydrogen-bond donors (Lipinski definition) is 1. The van der Waals surface area contributed by atoms with Gasteiger partial charge in [-0.3, -0.25) is 0 Å². The maximum Gasteiger partial charge on any atom is 0.460 e. The number of rotatable bonds is 7. The zero-order valence-electron chi connectivity index (χ0n) is 16.3. The second-order valence-electron chi connectivity index (χ2n) is 7.12. The van der Waals surface area contributed by atoms with E-state index in [9.17, 15) is 49.0 Å². The number of halogens is 10. The Bertz CT molecular complexity index is 923. The predicted molar refractivity (Wildman–Crippen MR) is 95.6 cm³/mol. The fraction of sp³-hybridized carbons (Fsp3) is 0.400. The van der Waals surface area contributed by atoms with Crippen LogP contribution in [0.3, 0.4) is 0 Å². The van der Waals surface area contributed by atoms with Gasteiger partial charge in [0.05, 0.1) is 6.54 Å². The first-order valence-electron chi connectivity index (χ1n) is 8.95. The molecular formula is C20H17F10NO. The third kappa shape index (κ3) is 5.45. The first kappa shape index (κ1) is 25.8. The van der Waals surface area contributed by atoms with Crippen LogP contribution in [0.25, 0.3) is 0 Å². The monoisotopic (exact) mass is 477 g/mol. The Hall–Kier alpha value is -2.50. The molecule has 0 bridgehead atoms. The molecule has 0 aliphatic heterocycles. The van der Waals surface area contributed by atoms with Crippen molar-refractivity contribution >= 4 is 5.69 Å². The van der Waals surface area contributed by atoms with Gasteiger partial charge < -0.3 is 10.0 Å². The number of anilines is 1. The number of benzene rings is 2. The van der Waals surface area contributed by atoms with Crippen molar-refractivity contribution < 1.29 is 49.0 Å². The van der Waals surface area contributed by atoms with Crippen molar-refractivity contribution in [2.45, 2.75) is 43.8 Å². The van der Waals surface area contributed by atoms with Crippen molar-refractivity contribution in [2.24, 2.45) is 0 Å². The van der Waals surface area contributed by atoms with Crippen molar-refractivity contribution in [1.29, 1.82) is 0 Å². The van der Waals surface area contributed by atoms with Crippen LogP contribution >= 0.6 is 0 Å². The van der Waals surface area contributed by atoms with E-state index in [1.807, 2.05) is 0 Å². The Labute approximate surface area is 176 Å². The molecule has 2 rings (SSSR count). The molecule has 0 heterocycles. The van der Waals surface area contributed by atoms with E-state index in [0.717, 1.165) is 17.0 Å². The normalized spacial score (nSPS) is 14.4. The third-order valence-corrected chi connectivity index (χ3v) is 4.55. The summed E-state index contributed by atoms with van der Waals surface area (Å²) < 4.78 is 131. The van der Waals surface area contributed by atoms with Crippen molar-refractivity contribution in [3.05, 3.63) is 65.2 Å². The minimum Gasteiger partial charge on any atom is -0.382 e. The van der Waals surface area contributed by atoms with Crippen LogP contribution in [0, 0.1) is 6.92 Å². The van der Waals surface area contributed by atoms with Crippen LogP contribution in [0.4, 0.5) is 49.6 Å². The van der Waals surface area contributed by atoms with E-state index >= 15 is 0 Å². The summed E-state index contributed by atoms with van der Waals surface area (Å²) >= 11 is 0. The first-order chi connectivity index (χ1) is 14.5. The Kier molecular flexibility index (Phi) is 7.08. The molecule has 0 aliphatic rings. The maximum absolute atomic E-state index is 14.0. The van der Waals surface area contributed by atoms with Gasteiger partial charge in [-0.25, -0.2) is 0 Å². The lowest BCUT2D eigenvalue weighted by Gasteiger charge is -2.30. The van der Waals surface area contributed by atoms with Crippen molar-refractivity contribution in [1.82, 2.24) is 0 Å². The van der Waals surface area contributed by atoms with Crippen LogP contribution in [0.2, 0.25) is 0 Å². The van der Waals surface area contributed by atoms with Crippen LogP contribution in [-0.2, 0) is 12.5 Å². The lowest BCUT2D eigenvalue weighted by molar-refractivity contribution is -0.359. The van der Waals surface area contributed by atoms with Crippen molar-refractivity contribution in [3.63, 3.8) is 0 Å². The highest BCUT2D eigenvalue weighted by molar-refractivity contribution is 5.49. The second kappa shape index (κ2) is 8.80. The Morgan fingerprint density at radius 3 is 1.97 bits per heavy atom. The molecule has 1 unspecified atom stereocenters. The van der Waals surface area contributed by atoms with E-state index in [-0.39, 0.29) is 11.3 Å². The Morgan fingerprint density at radius 2 is 1.44 bits per heavy atom. The Balaban J connectivity index is 2.43. The molecule has 0 amide bonds. The summed E-state index contributed by atoms with van der Waals surface area (Å²) in [5.74, 6) is -12.0. The molecule has 2 aromatic carbocycles. The highest BCUT2D eigenvalue weighted by Crippen LogP contribution is 2.51. The molecule has 0 aliphatic carbocycles. The third-order valence-electron chi connectivity index (χ3n) is 4.55. The van der Waals surface area contributed by atoms with Gasteiger partial charge >= 0.3 is 24.2 Å². The molecule has 178 valence electrons. The lowest BCUT2D eigenvalue weighted by atomic mass is 9.99. The molecule has 1 atom stereocenters. The van der Waals surface area contributed by atoms with E-state index in [2.05, 4.69) is 0 Å². The van der Waals surface area contributed by atoms with Gasteiger partial charge in [-0.2, -0.15) is 43.9 Å². The van der Waals surface area contributed by atoms with Crippen LogP contribution in [0.5, 0.6) is 0 Å². The van der Waals surface area contributed by atoms with Gasteiger partial charge in [0.25, 0.3) is 0 Å². The molecule has 2 nitrogen and oxygen atoms in total. The molecule has 0 radical (unpaired) electrons. The largest absolute Gasteiger partial charge is 0.460 e. The minimum atomic E-state index is -6.53. The molecule has 0 saturated carbocycles. The van der Waals surface area contributed by atoms with Gasteiger partial charge in [0.15, 0.2) is 6.10 Å². The van der Waals surface area contributed by atoms with Gasteiger partial charge in [0.2, 0.25) is 0 Å². The fourth-order valence-electron chi connectivity index (χ4n) is 2.84. The Morgan fingerprint density at radius 1 is 0.844 bits per heavy atom. The van der Waals surface area contributed by atoms with E-state index in [1.54, 1.807) is 13.0 Å². The minimum absolute atomic E-state index is 0.145. The van der Waals surface area contributed by atoms with Crippen molar-refractivity contribution in [2.75, 3.05) is 11.4 Å². The van der Waals surface area contributed by atoms with E-state index < -0.39 is 49.0 Å². The van der Waals surface area contributed by atoms with Crippen LogP contribution in [0.1, 0.15) is 16.7 Å². The molecule has 0 spiro atoms. The number of alkyl halides is 10. The highest BCUT2D eigenvalue weighted by Gasteiger charge is 2.73. The molecule has 0 fully saturated rings. The number of hydrogen-bond acceptors (Lipinski definition) is 2. The summed E-state index contributed by atoms with van der Waals surface area (Å²) in [6, 6.07) is 8.49. The molecule has 1 N–H and O–H groups in total. The quantitative estimate of drug-likeness (QED) is 0.479. The van der Waals surface area contributed by atoms with Crippen LogP contribution in [0.15, 0.2) is 48.5 Å². The summed E-state index contributed by atoms with van der Waals surface area (Å²) in [6.45, 7) is -0.00729. The van der Waals surface area contributed by atoms with E-state index in [0.29, 0.717) is 17.7 Å². The van der Waals surface area contributed by atoms with Gasteiger partial charge in [0, 0.05) is 17.8 Å². The number of nitrogens with zero attached hydrogens (tertiary/aromatic N) is 1. The van der Waals surface area contributed by atoms with Gasteiger partial charge in [0.1, 0.15) is 0 Å². The number of aryl methyl sites for hydroxylation is 1. The average molecular weight is 477 g/mol. The summed E-state index contributed by atoms with van der Waals surface area (Å²) in [5.41, 5.74) is -1.17. The highest BCUT2D eigenvalue weighted by atomic mass is 19.4. The fourth-order valence-corrected chi connectivity index (χ4v) is 2.84. The first-order valence-corrected chi connectivity index (χ1v) is 8.95. The lowest BCUT2D eigenvalue weighted by Crippen LogP contribution is -2.50. The molecule has 0 saturated heterocycles. The summed E-state index contributed by atoms with van der Waals surface area (Å²) in [6.07, 6.45) is -14.4. The summed E-state index contributed by atoms with van der Waals surface area (Å²) in [4.78, 5) is 0.949. The topological polar surface area (TPSA) is 23.5 Å². The smallest absolute Gasteiger partial charge is 0.382 e. The average Bonchev–Trinajstić information content (AvgIpc) is 2.66. The summed E-state index contributed by atoms with van der Waals surface area (Å²) in [5, 5.41) is 9.43. The SMILES string of the molecule is Cc1cccc(N(Cc2cccc(C(F)(F)C(F)(F)C(F)(F)F)c2)CC(O)C(F)(F)F)c1. The molecule has 2 aromatic rings. The van der Waals surface area contributed by atoms with Gasteiger partial charge in [-0.15, -0.1) is 0 Å². The zero-order chi connectivity index (χ0) is 24.5. The molecule has 32 heavy (non-hydrogen) atoms. The molecule has 0 aromatic heterocycles. The van der Waals surface area contributed by atoms with Crippen LogP contribution < -0.4 is 4.90 Å². The standard InChI is InChI=1S/C20H17F10NO/c1-12-4-2-7-15(8-12)31(11-16(32)18(23,24)25)10-13-5-3-6-14(9-13)17(21,22)19(26,27)20(28,29)30/h2-9,16,32H,10-11H2,1H3. The van der Waals surface area contributed by atoms with Gasteiger partial charge in [-0.1, -0.05) is 30.3 Å². The molecular weight excluding hydrogens is 460 g/mol. The zero-order valence-corrected chi connectivity index (χ0v) is 16.3. The predicted octanol–water partition coefficient (Wildman–Crippen LogP) is 6.21. The molecule has 12 heteroatoms.